The molecule has 40 heavy (non-hydrogen) atoms. The van der Waals surface area contributed by atoms with Crippen LogP contribution in [0.5, 0.6) is 11.5 Å². The van der Waals surface area contributed by atoms with Crippen molar-refractivity contribution >= 4 is 11.8 Å². The van der Waals surface area contributed by atoms with E-state index in [9.17, 15) is 24.9 Å². The molecule has 5 rings (SSSR count). The molecule has 9 heteroatoms. The number of amides is 2. The van der Waals surface area contributed by atoms with Gasteiger partial charge in [0, 0.05) is 23.7 Å². The highest BCUT2D eigenvalue weighted by molar-refractivity contribution is 5.96. The second-order valence-electron chi connectivity index (χ2n) is 10.8. The number of hydrogen-bond donors (Lipinski definition) is 4. The molecule has 3 aliphatic rings. The highest BCUT2D eigenvalue weighted by atomic mass is 16.5. The fraction of sp³-hybridized carbons (Fsp3) is 0.484. The number of aliphatic hydroxyl groups is 3. The van der Waals surface area contributed by atoms with Crippen LogP contribution >= 0.6 is 0 Å². The summed E-state index contributed by atoms with van der Waals surface area (Å²) in [6, 6.07) is 12.1. The molecule has 1 aliphatic heterocycles. The van der Waals surface area contributed by atoms with Crippen molar-refractivity contribution in [2.45, 2.75) is 75.3 Å². The lowest BCUT2D eigenvalue weighted by molar-refractivity contribution is -0.140. The minimum absolute atomic E-state index is 0.0633. The van der Waals surface area contributed by atoms with Crippen molar-refractivity contribution in [1.82, 2.24) is 10.2 Å². The van der Waals surface area contributed by atoms with E-state index in [0.29, 0.717) is 28.2 Å². The van der Waals surface area contributed by atoms with Gasteiger partial charge in [-0.15, -0.1) is 0 Å². The number of rotatable bonds is 9. The molecule has 2 aliphatic carbocycles. The van der Waals surface area contributed by atoms with Crippen molar-refractivity contribution in [2.75, 3.05) is 20.3 Å². The van der Waals surface area contributed by atoms with Crippen LogP contribution in [0.1, 0.15) is 54.7 Å². The third-order valence-corrected chi connectivity index (χ3v) is 8.27. The first-order chi connectivity index (χ1) is 19.5. The van der Waals surface area contributed by atoms with Crippen LogP contribution < -0.4 is 14.8 Å². The molecule has 2 aromatic rings. The Hall–Kier alpha value is -3.40. The van der Waals surface area contributed by atoms with Crippen LogP contribution in [-0.4, -0.2) is 76.6 Å². The molecule has 9 nitrogen and oxygen atoms in total. The Morgan fingerprint density at radius 2 is 1.82 bits per heavy atom. The first-order valence-corrected chi connectivity index (χ1v) is 14.1. The maximum absolute atomic E-state index is 14.0. The van der Waals surface area contributed by atoms with Crippen LogP contribution in [0.2, 0.25) is 0 Å². The number of carbonyl (C=O) groups excluding carboxylic acids is 2. The van der Waals surface area contributed by atoms with Crippen molar-refractivity contribution in [3.8, 4) is 11.5 Å². The number of nitrogens with zero attached hydrogens (tertiary/aromatic N) is 1. The molecule has 4 N–H and O–H groups in total. The second kappa shape index (κ2) is 12.4. The van der Waals surface area contributed by atoms with E-state index in [-0.39, 0.29) is 38.1 Å². The molecule has 2 amide bonds. The highest BCUT2D eigenvalue weighted by Crippen LogP contribution is 2.51. The summed E-state index contributed by atoms with van der Waals surface area (Å²) in [4.78, 5) is 29.3. The first-order valence-electron chi connectivity index (χ1n) is 14.1. The van der Waals surface area contributed by atoms with Gasteiger partial charge in [0.25, 0.3) is 0 Å². The predicted molar refractivity (Wildman–Crippen MR) is 148 cm³/mol. The number of ether oxygens (including phenoxy) is 2. The summed E-state index contributed by atoms with van der Waals surface area (Å²) < 4.78 is 11.9. The maximum Gasteiger partial charge on any atom is 0.247 e. The van der Waals surface area contributed by atoms with Gasteiger partial charge >= 0.3 is 0 Å². The highest BCUT2D eigenvalue weighted by Gasteiger charge is 2.52. The van der Waals surface area contributed by atoms with E-state index >= 15 is 0 Å². The molecule has 1 heterocycles. The van der Waals surface area contributed by atoms with E-state index in [0.717, 1.165) is 37.7 Å². The van der Waals surface area contributed by atoms with Crippen LogP contribution in [0, 0.1) is 0 Å². The van der Waals surface area contributed by atoms with Gasteiger partial charge in [-0.2, -0.15) is 0 Å². The normalized spacial score (nSPS) is 23.9. The number of methoxy groups -OCH3 is 1. The van der Waals surface area contributed by atoms with Crippen LogP contribution in [0.4, 0.5) is 0 Å². The quantitative estimate of drug-likeness (QED) is 0.377. The number of benzene rings is 2. The molecular formula is C31H38N2O7. The van der Waals surface area contributed by atoms with E-state index in [1.807, 2.05) is 30.3 Å². The average molecular weight is 551 g/mol. The van der Waals surface area contributed by atoms with Gasteiger partial charge in [0.1, 0.15) is 12.2 Å². The van der Waals surface area contributed by atoms with Crippen molar-refractivity contribution < 1.29 is 34.4 Å². The lowest BCUT2D eigenvalue weighted by atomic mass is 9.76. The lowest BCUT2D eigenvalue weighted by Crippen LogP contribution is -2.59. The third-order valence-electron chi connectivity index (χ3n) is 8.27. The first kappa shape index (κ1) is 28.1. The molecule has 214 valence electrons. The average Bonchev–Trinajstić information content (AvgIpc) is 3.37. The molecule has 2 aromatic carbocycles. The molecule has 0 unspecified atom stereocenters. The molecule has 1 saturated carbocycles. The summed E-state index contributed by atoms with van der Waals surface area (Å²) in [5.41, 5.74) is 2.47. The monoisotopic (exact) mass is 550 g/mol. The zero-order valence-corrected chi connectivity index (χ0v) is 22.8. The molecule has 0 radical (unpaired) electrons. The summed E-state index contributed by atoms with van der Waals surface area (Å²) >= 11 is 0. The van der Waals surface area contributed by atoms with Crippen molar-refractivity contribution in [3.63, 3.8) is 0 Å². The van der Waals surface area contributed by atoms with Crippen molar-refractivity contribution in [3.05, 3.63) is 70.8 Å². The minimum atomic E-state index is -1.12. The Balaban J connectivity index is 1.58. The van der Waals surface area contributed by atoms with Crippen LogP contribution in [0.25, 0.3) is 0 Å². The second-order valence-corrected chi connectivity index (χ2v) is 10.8. The van der Waals surface area contributed by atoms with Gasteiger partial charge in [-0.05, 0) is 42.2 Å². The molecular weight excluding hydrogens is 512 g/mol. The van der Waals surface area contributed by atoms with Crippen molar-refractivity contribution in [2.24, 2.45) is 0 Å². The fourth-order valence-electron chi connectivity index (χ4n) is 6.42. The predicted octanol–water partition coefficient (Wildman–Crippen LogP) is 2.21. The Labute approximate surface area is 234 Å². The number of nitrogens with one attached hydrogen (secondary N) is 1. The Morgan fingerprint density at radius 1 is 1.07 bits per heavy atom. The van der Waals surface area contributed by atoms with Gasteiger partial charge in [0.15, 0.2) is 11.5 Å². The fourth-order valence-corrected chi connectivity index (χ4v) is 6.42. The third kappa shape index (κ3) is 5.46. The van der Waals surface area contributed by atoms with Gasteiger partial charge in [-0.3, -0.25) is 9.59 Å². The zero-order valence-electron chi connectivity index (χ0n) is 22.8. The molecule has 0 bridgehead atoms. The Morgan fingerprint density at radius 3 is 2.50 bits per heavy atom. The molecule has 4 atom stereocenters. The number of fused-ring (bicyclic) bond motifs is 3. The number of hydrogen-bond acceptors (Lipinski definition) is 7. The van der Waals surface area contributed by atoms with Crippen LogP contribution in [0.3, 0.4) is 0 Å². The van der Waals surface area contributed by atoms with Crippen LogP contribution in [-0.2, 0) is 22.6 Å². The molecule has 0 aromatic heterocycles. The summed E-state index contributed by atoms with van der Waals surface area (Å²) in [5.74, 6) is -0.334. The minimum Gasteiger partial charge on any atom is -0.493 e. The standard InChI is InChI=1S/C31H38N2O7/c1-39-25-15-20(18-35)14-22-27-23(31(38)32-12-13-34)17-24(28(37)30(27)40-29(22)25)33(21-10-6-3-7-11-21)26(36)16-19-8-4-2-5-9-19/h2,4-5,8-9,14-15,17,21,24,27-28,30,34-35,37H,3,6-7,10-13,16,18H2,1H3,(H,32,38)/t24-,27+,28+,30+/m1/s1. The molecule has 0 spiro atoms. The Kier molecular flexibility index (Phi) is 8.73. The van der Waals surface area contributed by atoms with E-state index in [1.54, 1.807) is 23.1 Å². The SMILES string of the molecule is COc1cc(CO)cc2c1O[C@@H]1[C@@H](O)[C@H](N(C(=O)Cc3ccccc3)C3CCCCC3)C=C(C(=O)NCCO)[C@H]21. The largest absolute Gasteiger partial charge is 0.493 e. The topological polar surface area (TPSA) is 129 Å². The summed E-state index contributed by atoms with van der Waals surface area (Å²) in [6.45, 7) is -0.391. The maximum atomic E-state index is 14.0. The van der Waals surface area contributed by atoms with Crippen LogP contribution in [0.15, 0.2) is 54.1 Å². The van der Waals surface area contributed by atoms with E-state index in [2.05, 4.69) is 5.32 Å². The van der Waals surface area contributed by atoms with E-state index < -0.39 is 30.1 Å². The van der Waals surface area contributed by atoms with Gasteiger partial charge < -0.3 is 35.0 Å². The van der Waals surface area contributed by atoms with E-state index in [1.165, 1.54) is 7.11 Å². The summed E-state index contributed by atoms with van der Waals surface area (Å²) in [5, 5.41) is 33.8. The molecule has 1 fully saturated rings. The smallest absolute Gasteiger partial charge is 0.247 e. The zero-order chi connectivity index (χ0) is 28.2. The van der Waals surface area contributed by atoms with E-state index in [4.69, 9.17) is 9.47 Å². The summed E-state index contributed by atoms with van der Waals surface area (Å²) in [6.07, 6.45) is 4.67. The van der Waals surface area contributed by atoms with Gasteiger partial charge in [0.2, 0.25) is 11.8 Å². The van der Waals surface area contributed by atoms with Gasteiger partial charge in [-0.25, -0.2) is 0 Å². The Bertz CT molecular complexity index is 1240. The van der Waals surface area contributed by atoms with Gasteiger partial charge in [0.05, 0.1) is 38.7 Å². The summed E-state index contributed by atoms with van der Waals surface area (Å²) in [7, 11) is 1.50. The number of aliphatic hydroxyl groups excluding tert-OH is 3. The van der Waals surface area contributed by atoms with Gasteiger partial charge in [-0.1, -0.05) is 49.6 Å². The number of carbonyl (C=O) groups is 2. The van der Waals surface area contributed by atoms with Crippen molar-refractivity contribution in [1.29, 1.82) is 0 Å². The lowest BCUT2D eigenvalue weighted by Gasteiger charge is -2.45. The molecule has 0 saturated heterocycles.